The minimum Gasteiger partial charge on any atom is -0.365 e. The standard InChI is InChI=1S/C15H21N/c1-2-6-12(7-3-1)13-9-5-11-16-15-10-4-8-14(13)15/h5,9,11-12,16H,1-4,6-8,10H2. The van der Waals surface area contributed by atoms with Gasteiger partial charge in [0.25, 0.3) is 0 Å². The quantitative estimate of drug-likeness (QED) is 0.696. The summed E-state index contributed by atoms with van der Waals surface area (Å²) in [7, 11) is 0. The smallest absolute Gasteiger partial charge is 0.0182 e. The highest BCUT2D eigenvalue weighted by molar-refractivity contribution is 5.43. The maximum Gasteiger partial charge on any atom is 0.0182 e. The predicted molar refractivity (Wildman–Crippen MR) is 67.8 cm³/mol. The van der Waals surface area contributed by atoms with Crippen LogP contribution in [0.15, 0.2) is 35.2 Å². The van der Waals surface area contributed by atoms with Gasteiger partial charge in [0.05, 0.1) is 0 Å². The van der Waals surface area contributed by atoms with Crippen molar-refractivity contribution in [1.82, 2.24) is 5.32 Å². The molecule has 0 bridgehead atoms. The molecule has 0 radical (unpaired) electrons. The fourth-order valence-corrected chi connectivity index (χ4v) is 3.42. The maximum absolute atomic E-state index is 3.46. The SMILES string of the molecule is C1=CNC2=C(CCC2)C(C2CCCCC2)=C1. The van der Waals surface area contributed by atoms with Crippen LogP contribution in [0, 0.1) is 5.92 Å². The third-order valence-electron chi connectivity index (χ3n) is 4.24. The van der Waals surface area contributed by atoms with Crippen LogP contribution >= 0.6 is 0 Å². The van der Waals surface area contributed by atoms with E-state index in [1.54, 1.807) is 11.1 Å². The van der Waals surface area contributed by atoms with Crippen molar-refractivity contribution < 1.29 is 0 Å². The molecule has 0 aromatic heterocycles. The topological polar surface area (TPSA) is 12.0 Å². The minimum absolute atomic E-state index is 0.849. The molecule has 1 N–H and O–H groups in total. The Morgan fingerprint density at radius 3 is 2.75 bits per heavy atom. The number of allylic oxidation sites excluding steroid dienone is 5. The summed E-state index contributed by atoms with van der Waals surface area (Å²) in [5.41, 5.74) is 4.82. The molecule has 1 saturated carbocycles. The molecule has 0 spiro atoms. The van der Waals surface area contributed by atoms with E-state index in [4.69, 9.17) is 0 Å². The Balaban J connectivity index is 1.88. The fraction of sp³-hybridized carbons (Fsp3) is 0.600. The summed E-state index contributed by atoms with van der Waals surface area (Å²) in [6.07, 6.45) is 17.7. The van der Waals surface area contributed by atoms with Crippen molar-refractivity contribution >= 4 is 0 Å². The van der Waals surface area contributed by atoms with Crippen LogP contribution in [0.1, 0.15) is 51.4 Å². The molecule has 0 amide bonds. The van der Waals surface area contributed by atoms with Crippen molar-refractivity contribution in [2.24, 2.45) is 5.92 Å². The molecule has 1 fully saturated rings. The average molecular weight is 215 g/mol. The van der Waals surface area contributed by atoms with Crippen molar-refractivity contribution in [2.75, 3.05) is 0 Å². The third-order valence-corrected chi connectivity index (χ3v) is 4.24. The first kappa shape index (κ1) is 10.2. The van der Waals surface area contributed by atoms with Crippen LogP contribution in [-0.2, 0) is 0 Å². The second-order valence-corrected chi connectivity index (χ2v) is 5.27. The average Bonchev–Trinajstić information content (AvgIpc) is 2.70. The number of hydrogen-bond donors (Lipinski definition) is 1. The van der Waals surface area contributed by atoms with Crippen molar-refractivity contribution in [1.29, 1.82) is 0 Å². The summed E-state index contributed by atoms with van der Waals surface area (Å²) in [6.45, 7) is 0. The van der Waals surface area contributed by atoms with E-state index in [1.807, 2.05) is 0 Å². The van der Waals surface area contributed by atoms with Gasteiger partial charge in [-0.25, -0.2) is 0 Å². The number of hydrogen-bond acceptors (Lipinski definition) is 1. The predicted octanol–water partition coefficient (Wildman–Crippen LogP) is 4.05. The van der Waals surface area contributed by atoms with E-state index in [2.05, 4.69) is 23.7 Å². The van der Waals surface area contributed by atoms with E-state index in [0.29, 0.717) is 0 Å². The van der Waals surface area contributed by atoms with E-state index >= 15 is 0 Å². The molecule has 3 rings (SSSR count). The molecular formula is C15H21N. The maximum atomic E-state index is 3.46. The van der Waals surface area contributed by atoms with Crippen LogP contribution in [0.4, 0.5) is 0 Å². The van der Waals surface area contributed by atoms with Gasteiger partial charge in [0.2, 0.25) is 0 Å². The Bertz CT molecular complexity index is 354. The van der Waals surface area contributed by atoms with Crippen molar-refractivity contribution in [2.45, 2.75) is 51.4 Å². The van der Waals surface area contributed by atoms with Gasteiger partial charge in [0, 0.05) is 11.9 Å². The third kappa shape index (κ3) is 1.83. The lowest BCUT2D eigenvalue weighted by Gasteiger charge is -2.25. The molecule has 0 unspecified atom stereocenters. The van der Waals surface area contributed by atoms with Crippen LogP contribution in [0.25, 0.3) is 0 Å². The first-order chi connectivity index (χ1) is 7.95. The summed E-state index contributed by atoms with van der Waals surface area (Å²) in [5.74, 6) is 0.849. The van der Waals surface area contributed by atoms with Gasteiger partial charge in [0.1, 0.15) is 0 Å². The number of rotatable bonds is 1. The molecule has 16 heavy (non-hydrogen) atoms. The molecule has 1 heterocycles. The van der Waals surface area contributed by atoms with Crippen LogP contribution in [0.2, 0.25) is 0 Å². The molecular weight excluding hydrogens is 194 g/mol. The van der Waals surface area contributed by atoms with E-state index in [0.717, 1.165) is 5.92 Å². The van der Waals surface area contributed by atoms with Gasteiger partial charge in [-0.05, 0) is 55.2 Å². The molecule has 2 aliphatic carbocycles. The lowest BCUT2D eigenvalue weighted by Crippen LogP contribution is -2.12. The van der Waals surface area contributed by atoms with Crippen molar-refractivity contribution in [3.8, 4) is 0 Å². The van der Waals surface area contributed by atoms with Crippen molar-refractivity contribution in [3.63, 3.8) is 0 Å². The molecule has 0 aromatic rings. The molecule has 1 heteroatoms. The van der Waals surface area contributed by atoms with Crippen LogP contribution < -0.4 is 5.32 Å². The first-order valence-electron chi connectivity index (χ1n) is 6.81. The van der Waals surface area contributed by atoms with Crippen LogP contribution in [0.3, 0.4) is 0 Å². The fourth-order valence-electron chi connectivity index (χ4n) is 3.42. The van der Waals surface area contributed by atoms with E-state index in [9.17, 15) is 0 Å². The highest BCUT2D eigenvalue weighted by Crippen LogP contribution is 2.39. The number of nitrogens with one attached hydrogen (secondary N) is 1. The van der Waals surface area contributed by atoms with E-state index < -0.39 is 0 Å². The molecule has 1 aliphatic heterocycles. The van der Waals surface area contributed by atoms with Gasteiger partial charge in [-0.15, -0.1) is 0 Å². The zero-order chi connectivity index (χ0) is 10.8. The molecule has 0 atom stereocenters. The minimum atomic E-state index is 0.849. The summed E-state index contributed by atoms with van der Waals surface area (Å²) in [5, 5.41) is 3.46. The Labute approximate surface area is 98.3 Å². The Morgan fingerprint density at radius 1 is 1.00 bits per heavy atom. The molecule has 0 aromatic carbocycles. The summed E-state index contributed by atoms with van der Waals surface area (Å²) in [6, 6.07) is 0. The van der Waals surface area contributed by atoms with Gasteiger partial charge < -0.3 is 5.32 Å². The van der Waals surface area contributed by atoms with Gasteiger partial charge in [0.15, 0.2) is 0 Å². The zero-order valence-electron chi connectivity index (χ0n) is 9.97. The first-order valence-corrected chi connectivity index (χ1v) is 6.81. The summed E-state index contributed by atoms with van der Waals surface area (Å²) < 4.78 is 0. The zero-order valence-corrected chi connectivity index (χ0v) is 9.97. The van der Waals surface area contributed by atoms with E-state index in [-0.39, 0.29) is 0 Å². The molecule has 0 saturated heterocycles. The highest BCUT2D eigenvalue weighted by atomic mass is 14.9. The van der Waals surface area contributed by atoms with Gasteiger partial charge in [-0.3, -0.25) is 0 Å². The van der Waals surface area contributed by atoms with Gasteiger partial charge in [-0.1, -0.05) is 25.3 Å². The van der Waals surface area contributed by atoms with Gasteiger partial charge in [-0.2, -0.15) is 0 Å². The monoisotopic (exact) mass is 215 g/mol. The van der Waals surface area contributed by atoms with Gasteiger partial charge >= 0.3 is 0 Å². The Hall–Kier alpha value is -0.980. The molecule has 3 aliphatic rings. The summed E-state index contributed by atoms with van der Waals surface area (Å²) >= 11 is 0. The molecule has 86 valence electrons. The normalized spacial score (nSPS) is 26.1. The van der Waals surface area contributed by atoms with Crippen LogP contribution in [0.5, 0.6) is 0 Å². The molecule has 1 nitrogen and oxygen atoms in total. The largest absolute Gasteiger partial charge is 0.365 e. The van der Waals surface area contributed by atoms with Crippen LogP contribution in [-0.4, -0.2) is 0 Å². The van der Waals surface area contributed by atoms with Crippen molar-refractivity contribution in [3.05, 3.63) is 35.2 Å². The lowest BCUT2D eigenvalue weighted by atomic mass is 9.80. The Kier molecular flexibility index (Phi) is 2.86. The Morgan fingerprint density at radius 2 is 1.88 bits per heavy atom. The second-order valence-electron chi connectivity index (χ2n) is 5.27. The lowest BCUT2D eigenvalue weighted by molar-refractivity contribution is 0.405. The second kappa shape index (κ2) is 4.48. The van der Waals surface area contributed by atoms with E-state index in [1.165, 1.54) is 57.1 Å². The summed E-state index contributed by atoms with van der Waals surface area (Å²) in [4.78, 5) is 0. The highest BCUT2D eigenvalue weighted by Gasteiger charge is 2.25.